The predicted molar refractivity (Wildman–Crippen MR) is 102 cm³/mol. The number of carbonyl (C=O) groups excluding carboxylic acids is 1. The van der Waals surface area contributed by atoms with Crippen molar-refractivity contribution in [2.24, 2.45) is 0 Å². The van der Waals surface area contributed by atoms with E-state index in [9.17, 15) is 14.0 Å². The van der Waals surface area contributed by atoms with Gasteiger partial charge in [-0.15, -0.1) is 0 Å². The average Bonchev–Trinajstić information content (AvgIpc) is 2.64. The molecule has 0 aliphatic carbocycles. The van der Waals surface area contributed by atoms with Crippen LogP contribution in [0.4, 0.5) is 4.39 Å². The number of likely N-dealkylation sites (N-methyl/N-ethyl adjacent to an activating group) is 2. The third-order valence-corrected chi connectivity index (χ3v) is 5.17. The van der Waals surface area contributed by atoms with E-state index < -0.39 is 5.97 Å². The highest BCUT2D eigenvalue weighted by Gasteiger charge is 2.26. The Hall–Kier alpha value is -1.99. The SMILES string of the molecule is CCN(Cc1cccc(F)c1)C(=O)CN1CCC(N(CC)CC(=O)O)CC1. The number of carboxylic acids is 1. The number of benzene rings is 1. The number of rotatable bonds is 9. The minimum absolute atomic E-state index is 0.0399. The van der Waals surface area contributed by atoms with Gasteiger partial charge in [0.05, 0.1) is 13.1 Å². The highest BCUT2D eigenvalue weighted by Crippen LogP contribution is 2.17. The van der Waals surface area contributed by atoms with Crippen LogP contribution in [0.3, 0.4) is 0 Å². The summed E-state index contributed by atoms with van der Waals surface area (Å²) in [7, 11) is 0. The van der Waals surface area contributed by atoms with E-state index in [4.69, 9.17) is 5.11 Å². The summed E-state index contributed by atoms with van der Waals surface area (Å²) in [5.74, 6) is -1.05. The molecule has 0 aromatic heterocycles. The number of carbonyl (C=O) groups is 2. The van der Waals surface area contributed by atoms with Crippen molar-refractivity contribution < 1.29 is 19.1 Å². The van der Waals surface area contributed by atoms with Crippen molar-refractivity contribution in [2.75, 3.05) is 39.3 Å². The van der Waals surface area contributed by atoms with Crippen molar-refractivity contribution in [3.8, 4) is 0 Å². The third kappa shape index (κ3) is 6.59. The summed E-state index contributed by atoms with van der Waals surface area (Å²) >= 11 is 0. The van der Waals surface area contributed by atoms with Crippen LogP contribution in [0.1, 0.15) is 32.3 Å². The van der Waals surface area contributed by atoms with Crippen LogP contribution in [0.2, 0.25) is 0 Å². The fraction of sp³-hybridized carbons (Fsp3) is 0.600. The molecule has 2 rings (SSSR count). The van der Waals surface area contributed by atoms with Gasteiger partial charge in [-0.3, -0.25) is 19.4 Å². The molecule has 0 unspecified atom stereocenters. The topological polar surface area (TPSA) is 64.1 Å². The Bertz CT molecular complexity index is 633. The molecule has 1 aromatic carbocycles. The van der Waals surface area contributed by atoms with E-state index in [2.05, 4.69) is 4.90 Å². The maximum absolute atomic E-state index is 13.4. The van der Waals surface area contributed by atoms with Gasteiger partial charge in [0.25, 0.3) is 0 Å². The second-order valence-electron chi connectivity index (χ2n) is 7.00. The Morgan fingerprint density at radius 2 is 1.93 bits per heavy atom. The molecule has 1 saturated heterocycles. The van der Waals surface area contributed by atoms with Crippen molar-refractivity contribution in [1.82, 2.24) is 14.7 Å². The summed E-state index contributed by atoms with van der Waals surface area (Å²) in [5.41, 5.74) is 0.788. The number of halogens is 1. The smallest absolute Gasteiger partial charge is 0.317 e. The van der Waals surface area contributed by atoms with E-state index in [1.54, 1.807) is 11.0 Å². The number of amides is 1. The summed E-state index contributed by atoms with van der Waals surface area (Å²) in [5, 5.41) is 9.02. The molecule has 1 heterocycles. The van der Waals surface area contributed by atoms with E-state index in [-0.39, 0.29) is 24.3 Å². The normalized spacial score (nSPS) is 15.9. The minimum atomic E-state index is -0.801. The molecule has 0 saturated carbocycles. The molecule has 1 N–H and O–H groups in total. The maximum atomic E-state index is 13.4. The summed E-state index contributed by atoms with van der Waals surface area (Å²) < 4.78 is 13.4. The molecule has 6 nitrogen and oxygen atoms in total. The number of piperidine rings is 1. The Morgan fingerprint density at radius 3 is 2.48 bits per heavy atom. The van der Waals surface area contributed by atoms with E-state index in [0.29, 0.717) is 26.2 Å². The zero-order valence-corrected chi connectivity index (χ0v) is 16.2. The lowest BCUT2D eigenvalue weighted by Crippen LogP contribution is -2.49. The monoisotopic (exact) mass is 379 g/mol. The van der Waals surface area contributed by atoms with Gasteiger partial charge in [-0.1, -0.05) is 19.1 Å². The van der Waals surface area contributed by atoms with Crippen LogP contribution >= 0.6 is 0 Å². The molecule has 1 fully saturated rings. The van der Waals surface area contributed by atoms with Crippen molar-refractivity contribution in [2.45, 2.75) is 39.3 Å². The van der Waals surface area contributed by atoms with E-state index in [1.165, 1.54) is 12.1 Å². The van der Waals surface area contributed by atoms with E-state index >= 15 is 0 Å². The highest BCUT2D eigenvalue weighted by molar-refractivity contribution is 5.78. The molecule has 1 aliphatic rings. The molecule has 7 heteroatoms. The standard InChI is InChI=1S/C20H30FN3O3/c1-3-23(15-20(26)27)18-8-10-22(11-9-18)14-19(25)24(4-2)13-16-6-5-7-17(21)12-16/h5-7,12,18H,3-4,8-11,13-15H2,1-2H3,(H,26,27). The van der Waals surface area contributed by atoms with Gasteiger partial charge in [0, 0.05) is 32.2 Å². The van der Waals surface area contributed by atoms with Crippen LogP contribution < -0.4 is 0 Å². The molecule has 27 heavy (non-hydrogen) atoms. The van der Waals surface area contributed by atoms with E-state index in [1.807, 2.05) is 24.8 Å². The molecular weight excluding hydrogens is 349 g/mol. The number of nitrogens with zero attached hydrogens (tertiary/aromatic N) is 3. The van der Waals surface area contributed by atoms with Crippen molar-refractivity contribution in [1.29, 1.82) is 0 Å². The molecule has 0 bridgehead atoms. The van der Waals surface area contributed by atoms with Gasteiger partial charge >= 0.3 is 5.97 Å². The first-order chi connectivity index (χ1) is 12.9. The number of likely N-dealkylation sites (tertiary alicyclic amines) is 1. The lowest BCUT2D eigenvalue weighted by molar-refractivity contribution is -0.139. The lowest BCUT2D eigenvalue weighted by Gasteiger charge is -2.37. The largest absolute Gasteiger partial charge is 0.480 e. The number of hydrogen-bond donors (Lipinski definition) is 1. The average molecular weight is 379 g/mol. The van der Waals surface area contributed by atoms with Gasteiger partial charge < -0.3 is 10.0 Å². The fourth-order valence-corrected chi connectivity index (χ4v) is 3.64. The molecule has 1 aromatic rings. The molecule has 150 valence electrons. The van der Waals surface area contributed by atoms with E-state index in [0.717, 1.165) is 31.5 Å². The van der Waals surface area contributed by atoms with Gasteiger partial charge in [-0.25, -0.2) is 4.39 Å². The zero-order valence-electron chi connectivity index (χ0n) is 16.2. The predicted octanol–water partition coefficient (Wildman–Crippen LogP) is 2.05. The van der Waals surface area contributed by atoms with Crippen LogP contribution in [0.5, 0.6) is 0 Å². The van der Waals surface area contributed by atoms with Gasteiger partial charge in [-0.2, -0.15) is 0 Å². The summed E-state index contributed by atoms with van der Waals surface area (Å²) in [6.07, 6.45) is 1.73. The Morgan fingerprint density at radius 1 is 1.22 bits per heavy atom. The summed E-state index contributed by atoms with van der Waals surface area (Å²) in [6, 6.07) is 6.60. The van der Waals surface area contributed by atoms with Gasteiger partial charge in [0.1, 0.15) is 5.82 Å². The van der Waals surface area contributed by atoms with Crippen LogP contribution in [0.15, 0.2) is 24.3 Å². The molecule has 0 atom stereocenters. The highest BCUT2D eigenvalue weighted by atomic mass is 19.1. The summed E-state index contributed by atoms with van der Waals surface area (Å²) in [4.78, 5) is 29.5. The van der Waals surface area contributed by atoms with Crippen LogP contribution in [-0.2, 0) is 16.1 Å². The Kier molecular flexibility index (Phi) is 8.19. The molecular formula is C20H30FN3O3. The first kappa shape index (κ1) is 21.3. The molecule has 0 spiro atoms. The van der Waals surface area contributed by atoms with Crippen molar-refractivity contribution in [3.05, 3.63) is 35.6 Å². The Labute approximate surface area is 160 Å². The first-order valence-corrected chi connectivity index (χ1v) is 9.63. The maximum Gasteiger partial charge on any atom is 0.317 e. The molecule has 1 aliphatic heterocycles. The minimum Gasteiger partial charge on any atom is -0.480 e. The number of carboxylic acid groups (broad SMARTS) is 1. The molecule has 0 radical (unpaired) electrons. The lowest BCUT2D eigenvalue weighted by atomic mass is 10.0. The fourth-order valence-electron chi connectivity index (χ4n) is 3.64. The van der Waals surface area contributed by atoms with Crippen LogP contribution in [0.25, 0.3) is 0 Å². The quantitative estimate of drug-likeness (QED) is 0.711. The van der Waals surface area contributed by atoms with Gasteiger partial charge in [0.2, 0.25) is 5.91 Å². The second kappa shape index (κ2) is 10.4. The number of aliphatic carboxylic acids is 1. The number of hydrogen-bond acceptors (Lipinski definition) is 4. The van der Waals surface area contributed by atoms with Gasteiger partial charge in [-0.05, 0) is 44.0 Å². The van der Waals surface area contributed by atoms with Gasteiger partial charge in [0.15, 0.2) is 0 Å². The Balaban J connectivity index is 1.84. The van der Waals surface area contributed by atoms with Crippen molar-refractivity contribution >= 4 is 11.9 Å². The zero-order chi connectivity index (χ0) is 19.8. The van der Waals surface area contributed by atoms with Crippen molar-refractivity contribution in [3.63, 3.8) is 0 Å². The molecule has 1 amide bonds. The third-order valence-electron chi connectivity index (χ3n) is 5.17. The summed E-state index contributed by atoms with van der Waals surface area (Å²) in [6.45, 7) is 7.58. The van der Waals surface area contributed by atoms with Crippen LogP contribution in [0, 0.1) is 5.82 Å². The first-order valence-electron chi connectivity index (χ1n) is 9.63. The second-order valence-corrected chi connectivity index (χ2v) is 7.00. The van der Waals surface area contributed by atoms with Crippen LogP contribution in [-0.4, -0.2) is 77.0 Å².